The molecule has 0 aromatic rings. The van der Waals surface area contributed by atoms with Crippen molar-refractivity contribution in [1.82, 2.24) is 0 Å². The van der Waals surface area contributed by atoms with Crippen LogP contribution < -0.4 is 0 Å². The minimum Gasteiger partial charge on any atom is -0.481 e. The van der Waals surface area contributed by atoms with Crippen LogP contribution in [0.25, 0.3) is 0 Å². The fourth-order valence-electron chi connectivity index (χ4n) is 0.958. The van der Waals surface area contributed by atoms with Crippen LogP contribution in [0.15, 0.2) is 0 Å². The van der Waals surface area contributed by atoms with Crippen LogP contribution in [0.5, 0.6) is 0 Å². The van der Waals surface area contributed by atoms with Gasteiger partial charge in [0.25, 0.3) is 0 Å². The number of carbonyl (C=O) groups excluding carboxylic acids is 1. The zero-order valence-corrected chi connectivity index (χ0v) is 7.10. The molecule has 5 heteroatoms. The smallest absolute Gasteiger partial charge is 0.304 e. The van der Waals surface area contributed by atoms with E-state index in [0.717, 1.165) is 0 Å². The lowest BCUT2D eigenvalue weighted by molar-refractivity contribution is -0.139. The van der Waals surface area contributed by atoms with Gasteiger partial charge in [-0.2, -0.15) is 0 Å². The number of aldehydes is 1. The highest BCUT2D eigenvalue weighted by molar-refractivity contribution is 5.71. The van der Waals surface area contributed by atoms with E-state index in [4.69, 9.17) is 10.2 Å². The molecule has 0 radical (unpaired) electrons. The Bertz CT molecular complexity index is 199. The van der Waals surface area contributed by atoms with Crippen LogP contribution in [0.1, 0.15) is 25.7 Å². The molecule has 74 valence electrons. The van der Waals surface area contributed by atoms with Gasteiger partial charge in [-0.25, -0.2) is 0 Å². The maximum absolute atomic E-state index is 10.3. The molecule has 0 aliphatic carbocycles. The molecule has 1 unspecified atom stereocenters. The zero-order chi connectivity index (χ0) is 10.3. The van der Waals surface area contributed by atoms with Crippen LogP contribution in [0.3, 0.4) is 0 Å². The number of hydrogen-bond acceptors (Lipinski definition) is 3. The second kappa shape index (κ2) is 6.16. The summed E-state index contributed by atoms with van der Waals surface area (Å²) in [7, 11) is 0. The quantitative estimate of drug-likeness (QED) is 0.568. The lowest BCUT2D eigenvalue weighted by atomic mass is 10.0. The van der Waals surface area contributed by atoms with E-state index in [-0.39, 0.29) is 12.8 Å². The van der Waals surface area contributed by atoms with Crippen molar-refractivity contribution in [3.8, 4) is 0 Å². The van der Waals surface area contributed by atoms with Crippen LogP contribution in [0.2, 0.25) is 0 Å². The van der Waals surface area contributed by atoms with Crippen LogP contribution in [0, 0.1) is 5.92 Å². The van der Waals surface area contributed by atoms with Crippen molar-refractivity contribution >= 4 is 18.2 Å². The van der Waals surface area contributed by atoms with Gasteiger partial charge in [-0.3, -0.25) is 9.59 Å². The number of carboxylic acids is 2. The van der Waals surface area contributed by atoms with E-state index >= 15 is 0 Å². The van der Waals surface area contributed by atoms with Gasteiger partial charge in [-0.1, -0.05) is 0 Å². The summed E-state index contributed by atoms with van der Waals surface area (Å²) in [5, 5.41) is 16.6. The van der Waals surface area contributed by atoms with Crippen LogP contribution in [0.4, 0.5) is 0 Å². The Balaban J connectivity index is 3.65. The van der Waals surface area contributed by atoms with Gasteiger partial charge < -0.3 is 15.0 Å². The molecule has 0 aromatic heterocycles. The van der Waals surface area contributed by atoms with Crippen molar-refractivity contribution in [2.45, 2.75) is 25.7 Å². The van der Waals surface area contributed by atoms with E-state index in [1.165, 1.54) is 0 Å². The third kappa shape index (κ3) is 6.99. The first-order valence-electron chi connectivity index (χ1n) is 3.95. The van der Waals surface area contributed by atoms with E-state index in [2.05, 4.69) is 0 Å². The van der Waals surface area contributed by atoms with Crippen LogP contribution in [-0.4, -0.2) is 28.4 Å². The van der Waals surface area contributed by atoms with Gasteiger partial charge in [-0.15, -0.1) is 0 Å². The predicted octanol–water partition coefficient (Wildman–Crippen LogP) is 0.531. The number of carbonyl (C=O) groups is 3. The molecule has 0 fully saturated rings. The fraction of sp³-hybridized carbons (Fsp3) is 0.625. The van der Waals surface area contributed by atoms with Gasteiger partial charge in [0.05, 0.1) is 6.42 Å². The minimum absolute atomic E-state index is 0.0239. The van der Waals surface area contributed by atoms with Crippen LogP contribution >= 0.6 is 0 Å². The molecule has 0 amide bonds. The summed E-state index contributed by atoms with van der Waals surface area (Å²) >= 11 is 0. The Morgan fingerprint density at radius 1 is 1.23 bits per heavy atom. The van der Waals surface area contributed by atoms with Gasteiger partial charge in [-0.05, 0) is 12.8 Å². The summed E-state index contributed by atoms with van der Waals surface area (Å²) in [6.45, 7) is 0. The monoisotopic (exact) mass is 188 g/mol. The summed E-state index contributed by atoms with van der Waals surface area (Å²) in [4.78, 5) is 30.6. The van der Waals surface area contributed by atoms with Crippen molar-refractivity contribution in [3.63, 3.8) is 0 Å². The third-order valence-corrected chi connectivity index (χ3v) is 1.59. The largest absolute Gasteiger partial charge is 0.481 e. The number of carboxylic acid groups (broad SMARTS) is 2. The van der Waals surface area contributed by atoms with E-state index in [0.29, 0.717) is 19.1 Å². The molecule has 5 nitrogen and oxygen atoms in total. The van der Waals surface area contributed by atoms with Gasteiger partial charge in [0.1, 0.15) is 6.29 Å². The highest BCUT2D eigenvalue weighted by Crippen LogP contribution is 2.10. The molecule has 2 N–H and O–H groups in total. The lowest BCUT2D eigenvalue weighted by Gasteiger charge is -2.04. The third-order valence-electron chi connectivity index (χ3n) is 1.59. The molecular weight excluding hydrogens is 176 g/mol. The predicted molar refractivity (Wildman–Crippen MR) is 43.3 cm³/mol. The molecule has 0 spiro atoms. The van der Waals surface area contributed by atoms with E-state index in [9.17, 15) is 14.4 Å². The molecular formula is C8H12O5. The number of aliphatic carboxylic acids is 2. The van der Waals surface area contributed by atoms with Gasteiger partial charge in [0.2, 0.25) is 0 Å². The number of hydrogen-bond donors (Lipinski definition) is 2. The van der Waals surface area contributed by atoms with Crippen molar-refractivity contribution in [1.29, 1.82) is 0 Å². The maximum Gasteiger partial charge on any atom is 0.304 e. The Labute approximate surface area is 75.4 Å². The van der Waals surface area contributed by atoms with Crippen LogP contribution in [-0.2, 0) is 14.4 Å². The van der Waals surface area contributed by atoms with Crippen molar-refractivity contribution in [2.75, 3.05) is 0 Å². The summed E-state index contributed by atoms with van der Waals surface area (Å²) in [5.74, 6) is -2.52. The second-order valence-electron chi connectivity index (χ2n) is 2.78. The van der Waals surface area contributed by atoms with E-state index < -0.39 is 17.9 Å². The molecule has 0 aliphatic heterocycles. The average Bonchev–Trinajstić information content (AvgIpc) is 2.01. The fourth-order valence-corrected chi connectivity index (χ4v) is 0.958. The zero-order valence-electron chi connectivity index (χ0n) is 7.10. The maximum atomic E-state index is 10.3. The Morgan fingerprint density at radius 2 is 1.85 bits per heavy atom. The topological polar surface area (TPSA) is 91.7 Å². The SMILES string of the molecule is O=CC(CCCC(=O)O)CC(=O)O. The first kappa shape index (κ1) is 11.6. The minimum atomic E-state index is -1.03. The molecule has 0 saturated heterocycles. The normalized spacial score (nSPS) is 12.0. The molecule has 0 heterocycles. The van der Waals surface area contributed by atoms with E-state index in [1.54, 1.807) is 0 Å². The summed E-state index contributed by atoms with van der Waals surface area (Å²) in [5.41, 5.74) is 0. The van der Waals surface area contributed by atoms with Crippen molar-refractivity contribution in [2.24, 2.45) is 5.92 Å². The molecule has 0 saturated carbocycles. The van der Waals surface area contributed by atoms with Gasteiger partial charge >= 0.3 is 11.9 Å². The molecule has 0 aliphatic rings. The molecule has 1 atom stereocenters. The van der Waals surface area contributed by atoms with Crippen molar-refractivity contribution < 1.29 is 24.6 Å². The first-order valence-corrected chi connectivity index (χ1v) is 3.95. The summed E-state index contributed by atoms with van der Waals surface area (Å²) in [6.07, 6.45) is 0.983. The highest BCUT2D eigenvalue weighted by atomic mass is 16.4. The summed E-state index contributed by atoms with van der Waals surface area (Å²) < 4.78 is 0. The van der Waals surface area contributed by atoms with Gasteiger partial charge in [0.15, 0.2) is 0 Å². The molecule has 13 heavy (non-hydrogen) atoms. The Kier molecular flexibility index (Phi) is 5.50. The van der Waals surface area contributed by atoms with Gasteiger partial charge in [0, 0.05) is 12.3 Å². The second-order valence-corrected chi connectivity index (χ2v) is 2.78. The Morgan fingerprint density at radius 3 is 2.23 bits per heavy atom. The lowest BCUT2D eigenvalue weighted by Crippen LogP contribution is -2.09. The number of rotatable bonds is 7. The first-order chi connectivity index (χ1) is 6.06. The van der Waals surface area contributed by atoms with Crippen molar-refractivity contribution in [3.05, 3.63) is 0 Å². The van der Waals surface area contributed by atoms with E-state index in [1.807, 2.05) is 0 Å². The standard InChI is InChI=1S/C8H12O5/c9-5-6(4-8(12)13)2-1-3-7(10)11/h5-6H,1-4H2,(H,10,11)(H,12,13). The molecule has 0 aromatic carbocycles. The average molecular weight is 188 g/mol. The highest BCUT2D eigenvalue weighted by Gasteiger charge is 2.12. The molecule has 0 rings (SSSR count). The Hall–Kier alpha value is -1.39. The summed E-state index contributed by atoms with van der Waals surface area (Å²) in [6, 6.07) is 0. The molecule has 0 bridgehead atoms.